The maximum Gasteiger partial charge on any atom is 0.277 e. The summed E-state index contributed by atoms with van der Waals surface area (Å²) in [5, 5.41) is 6.77. The zero-order valence-corrected chi connectivity index (χ0v) is 15.2. The highest BCUT2D eigenvalue weighted by Crippen LogP contribution is 2.24. The maximum atomic E-state index is 12.5. The van der Waals surface area contributed by atoms with E-state index in [2.05, 4.69) is 40.3 Å². The molecule has 0 bridgehead atoms. The number of benzene rings is 1. The predicted molar refractivity (Wildman–Crippen MR) is 102 cm³/mol. The number of rotatable bonds is 6. The van der Waals surface area contributed by atoms with E-state index in [-0.39, 0.29) is 11.6 Å². The van der Waals surface area contributed by atoms with Crippen LogP contribution < -0.4 is 10.2 Å². The highest BCUT2D eigenvalue weighted by atomic mass is 16.5. The second-order valence-electron chi connectivity index (χ2n) is 5.94. The van der Waals surface area contributed by atoms with Crippen molar-refractivity contribution < 1.29 is 9.32 Å². The van der Waals surface area contributed by atoms with E-state index in [1.807, 2.05) is 25.1 Å². The van der Waals surface area contributed by atoms with Gasteiger partial charge in [-0.2, -0.15) is 0 Å². The van der Waals surface area contributed by atoms with Gasteiger partial charge in [-0.05, 0) is 56.7 Å². The normalized spacial score (nSPS) is 10.6. The topological polar surface area (TPSA) is 71.3 Å². The summed E-state index contributed by atoms with van der Waals surface area (Å²) in [6.07, 6.45) is 3.34. The summed E-state index contributed by atoms with van der Waals surface area (Å²) in [6, 6.07) is 11.3. The lowest BCUT2D eigenvalue weighted by atomic mass is 10.1. The van der Waals surface area contributed by atoms with Crippen LogP contribution in [0.25, 0.3) is 11.3 Å². The third-order valence-electron chi connectivity index (χ3n) is 4.28. The molecular formula is C20H22N4O2. The van der Waals surface area contributed by atoms with Crippen molar-refractivity contribution >= 4 is 17.3 Å². The average Bonchev–Trinajstić information content (AvgIpc) is 3.16. The Balaban J connectivity index is 1.75. The second kappa shape index (κ2) is 7.82. The second-order valence-corrected chi connectivity index (χ2v) is 5.94. The van der Waals surface area contributed by atoms with Gasteiger partial charge >= 0.3 is 0 Å². The molecule has 3 rings (SSSR count). The predicted octanol–water partition coefficient (Wildman–Crippen LogP) is 4.14. The van der Waals surface area contributed by atoms with Crippen LogP contribution in [0.15, 0.2) is 53.3 Å². The van der Waals surface area contributed by atoms with Crippen LogP contribution in [0.3, 0.4) is 0 Å². The first-order valence-electron chi connectivity index (χ1n) is 8.66. The molecule has 26 heavy (non-hydrogen) atoms. The zero-order valence-electron chi connectivity index (χ0n) is 15.2. The average molecular weight is 350 g/mol. The summed E-state index contributed by atoms with van der Waals surface area (Å²) < 4.78 is 5.26. The molecule has 0 atom stereocenters. The van der Waals surface area contributed by atoms with Crippen molar-refractivity contribution in [3.63, 3.8) is 0 Å². The molecular weight excluding hydrogens is 328 g/mol. The Labute approximate surface area is 152 Å². The van der Waals surface area contributed by atoms with Gasteiger partial charge in [-0.3, -0.25) is 9.78 Å². The van der Waals surface area contributed by atoms with Gasteiger partial charge in [0.15, 0.2) is 11.5 Å². The Kier molecular flexibility index (Phi) is 5.31. The zero-order chi connectivity index (χ0) is 18.5. The molecule has 0 radical (unpaired) electrons. The van der Waals surface area contributed by atoms with Crippen LogP contribution in [0.5, 0.6) is 0 Å². The molecule has 0 spiro atoms. The summed E-state index contributed by atoms with van der Waals surface area (Å²) in [6.45, 7) is 8.11. The third kappa shape index (κ3) is 3.74. The number of nitrogens with zero attached hydrogens (tertiary/aromatic N) is 3. The first kappa shape index (κ1) is 17.7. The smallest absolute Gasteiger partial charge is 0.277 e. The highest BCUT2D eigenvalue weighted by molar-refractivity contribution is 6.03. The monoisotopic (exact) mass is 350 g/mol. The van der Waals surface area contributed by atoms with Gasteiger partial charge in [0.1, 0.15) is 0 Å². The Morgan fingerprint density at radius 3 is 2.65 bits per heavy atom. The number of anilines is 2. The van der Waals surface area contributed by atoms with Crippen LogP contribution in [0.1, 0.15) is 29.9 Å². The molecule has 1 aromatic carbocycles. The third-order valence-corrected chi connectivity index (χ3v) is 4.28. The lowest BCUT2D eigenvalue weighted by Crippen LogP contribution is -2.22. The van der Waals surface area contributed by atoms with Crippen LogP contribution in [0, 0.1) is 6.92 Å². The summed E-state index contributed by atoms with van der Waals surface area (Å²) >= 11 is 0. The van der Waals surface area contributed by atoms with Crippen molar-refractivity contribution in [3.8, 4) is 11.3 Å². The Morgan fingerprint density at radius 1 is 1.19 bits per heavy atom. The Hall–Kier alpha value is -3.15. The standard InChI is InChI=1S/C20H22N4O2/c1-4-24(5-2)16-8-9-17(14(3)11-16)22-20(25)18-12-19(26-23-18)15-7-6-10-21-13-15/h6-13H,4-5H2,1-3H3,(H,22,25). The minimum atomic E-state index is -0.303. The van der Waals surface area contributed by atoms with Gasteiger partial charge in [-0.1, -0.05) is 5.16 Å². The van der Waals surface area contributed by atoms with E-state index in [1.165, 1.54) is 0 Å². The maximum absolute atomic E-state index is 12.5. The van der Waals surface area contributed by atoms with Gasteiger partial charge in [-0.15, -0.1) is 0 Å². The SMILES string of the molecule is CCN(CC)c1ccc(NC(=O)c2cc(-c3cccnc3)on2)c(C)c1. The fourth-order valence-electron chi connectivity index (χ4n) is 2.79. The van der Waals surface area contributed by atoms with Gasteiger partial charge in [-0.25, -0.2) is 0 Å². The van der Waals surface area contributed by atoms with Gasteiger partial charge < -0.3 is 14.7 Å². The molecule has 0 unspecified atom stereocenters. The van der Waals surface area contributed by atoms with E-state index < -0.39 is 0 Å². The van der Waals surface area contributed by atoms with Gasteiger partial charge in [0.2, 0.25) is 0 Å². The molecule has 2 aromatic heterocycles. The minimum Gasteiger partial charge on any atom is -0.372 e. The van der Waals surface area contributed by atoms with E-state index >= 15 is 0 Å². The molecule has 134 valence electrons. The molecule has 0 aliphatic rings. The molecule has 1 N–H and O–H groups in total. The molecule has 6 nitrogen and oxygen atoms in total. The van der Waals surface area contributed by atoms with Crippen LogP contribution >= 0.6 is 0 Å². The quantitative estimate of drug-likeness (QED) is 0.723. The van der Waals surface area contributed by atoms with Crippen molar-refractivity contribution in [1.29, 1.82) is 0 Å². The number of pyridine rings is 1. The van der Waals surface area contributed by atoms with Crippen LogP contribution in [-0.2, 0) is 0 Å². The van der Waals surface area contributed by atoms with E-state index in [1.54, 1.807) is 24.5 Å². The van der Waals surface area contributed by atoms with Gasteiger partial charge in [0.25, 0.3) is 5.91 Å². The minimum absolute atomic E-state index is 0.232. The van der Waals surface area contributed by atoms with Crippen LogP contribution in [0.2, 0.25) is 0 Å². The lowest BCUT2D eigenvalue weighted by Gasteiger charge is -2.22. The molecule has 0 fully saturated rings. The first-order chi connectivity index (χ1) is 12.6. The molecule has 1 amide bonds. The van der Waals surface area contributed by atoms with Gasteiger partial charge in [0.05, 0.1) is 0 Å². The molecule has 0 saturated heterocycles. The van der Waals surface area contributed by atoms with E-state index in [0.29, 0.717) is 5.76 Å². The molecule has 3 aromatic rings. The highest BCUT2D eigenvalue weighted by Gasteiger charge is 2.15. The number of amides is 1. The number of nitrogens with one attached hydrogen (secondary N) is 1. The molecule has 0 saturated carbocycles. The number of carbonyl (C=O) groups excluding carboxylic acids is 1. The fourth-order valence-corrected chi connectivity index (χ4v) is 2.79. The first-order valence-corrected chi connectivity index (χ1v) is 8.66. The van der Waals surface area contributed by atoms with Crippen molar-refractivity contribution in [3.05, 3.63) is 60.0 Å². The molecule has 6 heteroatoms. The number of carbonyl (C=O) groups is 1. The summed E-state index contributed by atoms with van der Waals surface area (Å²) in [7, 11) is 0. The summed E-state index contributed by atoms with van der Waals surface area (Å²) in [5.41, 5.74) is 3.91. The largest absolute Gasteiger partial charge is 0.372 e. The van der Waals surface area contributed by atoms with Gasteiger partial charge in [0, 0.05) is 48.5 Å². The number of hydrogen-bond acceptors (Lipinski definition) is 5. The van der Waals surface area contributed by atoms with E-state index in [9.17, 15) is 4.79 Å². The number of hydrogen-bond donors (Lipinski definition) is 1. The van der Waals surface area contributed by atoms with E-state index in [0.717, 1.165) is 35.6 Å². The fraction of sp³-hybridized carbons (Fsp3) is 0.250. The molecule has 0 aliphatic heterocycles. The lowest BCUT2D eigenvalue weighted by molar-refractivity contribution is 0.101. The molecule has 2 heterocycles. The van der Waals surface area contributed by atoms with Crippen LogP contribution in [-0.4, -0.2) is 29.1 Å². The number of aromatic nitrogens is 2. The van der Waals surface area contributed by atoms with Crippen molar-refractivity contribution in [2.75, 3.05) is 23.3 Å². The van der Waals surface area contributed by atoms with E-state index in [4.69, 9.17) is 4.52 Å². The van der Waals surface area contributed by atoms with Crippen LogP contribution in [0.4, 0.5) is 11.4 Å². The van der Waals surface area contributed by atoms with Crippen molar-refractivity contribution in [2.24, 2.45) is 0 Å². The van der Waals surface area contributed by atoms with Crippen molar-refractivity contribution in [2.45, 2.75) is 20.8 Å². The summed E-state index contributed by atoms with van der Waals surface area (Å²) in [5.74, 6) is 0.208. The Bertz CT molecular complexity index is 886. The van der Waals surface area contributed by atoms with Crippen molar-refractivity contribution in [1.82, 2.24) is 10.1 Å². The molecule has 0 aliphatic carbocycles. The summed E-state index contributed by atoms with van der Waals surface area (Å²) in [4.78, 5) is 18.8. The number of aryl methyl sites for hydroxylation is 1. The Morgan fingerprint density at radius 2 is 2.00 bits per heavy atom.